The maximum atomic E-state index is 13.4. The van der Waals surface area contributed by atoms with Crippen LogP contribution >= 0.6 is 0 Å². The Kier molecular flexibility index (Phi) is 5.65. The van der Waals surface area contributed by atoms with E-state index >= 15 is 0 Å². The number of benzene rings is 2. The summed E-state index contributed by atoms with van der Waals surface area (Å²) in [5, 5.41) is 13.1. The van der Waals surface area contributed by atoms with E-state index in [1.165, 1.54) is 10.5 Å². The monoisotopic (exact) mass is 422 g/mol. The van der Waals surface area contributed by atoms with Crippen LogP contribution in [0.25, 0.3) is 0 Å². The second kappa shape index (κ2) is 8.25. The van der Waals surface area contributed by atoms with Crippen LogP contribution < -0.4 is 5.32 Å². The number of rotatable bonds is 2. The maximum absolute atomic E-state index is 13.4. The summed E-state index contributed by atoms with van der Waals surface area (Å²) in [4.78, 5) is 27.9. The first-order valence-corrected chi connectivity index (χ1v) is 10.9. The minimum Gasteiger partial charge on any atom is -0.508 e. The number of aromatic hydroxyl groups is 1. The summed E-state index contributed by atoms with van der Waals surface area (Å²) in [7, 11) is 0. The Morgan fingerprint density at radius 2 is 1.87 bits per heavy atom. The molecule has 0 aromatic heterocycles. The average Bonchev–Trinajstić information content (AvgIpc) is 2.71. The Labute approximate surface area is 183 Å². The Bertz CT molecular complexity index is 995. The molecule has 1 aliphatic carbocycles. The van der Waals surface area contributed by atoms with E-state index in [9.17, 15) is 14.7 Å². The molecule has 1 aliphatic heterocycles. The quantitative estimate of drug-likeness (QED) is 0.758. The number of phenolic OH excluding ortho intramolecular Hbond substituents is 1. The molecular weight excluding hydrogens is 392 g/mol. The van der Waals surface area contributed by atoms with Gasteiger partial charge in [-0.2, -0.15) is 0 Å². The van der Waals surface area contributed by atoms with Crippen molar-refractivity contribution in [2.24, 2.45) is 0 Å². The van der Waals surface area contributed by atoms with E-state index < -0.39 is 17.7 Å². The van der Waals surface area contributed by atoms with Crippen LogP contribution in [0.1, 0.15) is 61.9 Å². The number of nitrogens with one attached hydrogen (secondary N) is 1. The number of hydrogen-bond acceptors (Lipinski definition) is 4. The number of carbonyl (C=O) groups is 2. The highest BCUT2D eigenvalue weighted by atomic mass is 16.6. The summed E-state index contributed by atoms with van der Waals surface area (Å²) in [5.74, 6) is -0.0316. The molecule has 2 N–H and O–H groups in total. The fourth-order valence-electron chi connectivity index (χ4n) is 4.49. The molecule has 0 saturated heterocycles. The highest BCUT2D eigenvalue weighted by Crippen LogP contribution is 2.32. The summed E-state index contributed by atoms with van der Waals surface area (Å²) in [6.45, 7) is 5.64. The molecular formula is C25H30N2O4. The van der Waals surface area contributed by atoms with Gasteiger partial charge >= 0.3 is 6.09 Å². The zero-order valence-corrected chi connectivity index (χ0v) is 18.4. The Hall–Kier alpha value is -3.02. The van der Waals surface area contributed by atoms with E-state index in [1.54, 1.807) is 12.1 Å². The zero-order valence-electron chi connectivity index (χ0n) is 18.4. The van der Waals surface area contributed by atoms with E-state index in [0.717, 1.165) is 36.0 Å². The standard InChI is InChI=1S/C25H30N2O4/c1-25(2,3)31-24(30)27-15-18-13-19(28)12-11-17(18)14-22(27)23(29)26-21-10-6-8-16-7-4-5-9-20(16)21/h4-5,7,9,11-13,21-22,28H,6,8,10,14-15H2,1-3H3,(H,26,29)/t21-,22-/m0/s1. The van der Waals surface area contributed by atoms with Gasteiger partial charge < -0.3 is 15.2 Å². The fraction of sp³-hybridized carbons (Fsp3) is 0.440. The van der Waals surface area contributed by atoms with Crippen molar-refractivity contribution in [3.05, 3.63) is 64.7 Å². The number of phenols is 1. The molecule has 0 fully saturated rings. The highest BCUT2D eigenvalue weighted by Gasteiger charge is 2.38. The van der Waals surface area contributed by atoms with Gasteiger partial charge in [0.25, 0.3) is 0 Å². The first-order valence-electron chi connectivity index (χ1n) is 10.9. The van der Waals surface area contributed by atoms with Crippen molar-refractivity contribution < 1.29 is 19.4 Å². The third-order valence-corrected chi connectivity index (χ3v) is 5.94. The summed E-state index contributed by atoms with van der Waals surface area (Å²) >= 11 is 0. The van der Waals surface area contributed by atoms with Crippen molar-refractivity contribution in [3.8, 4) is 5.75 Å². The van der Waals surface area contributed by atoms with Crippen LogP contribution in [0.4, 0.5) is 4.79 Å². The molecule has 6 nitrogen and oxygen atoms in total. The Balaban J connectivity index is 1.60. The molecule has 0 unspecified atom stereocenters. The van der Waals surface area contributed by atoms with Crippen LogP contribution in [-0.2, 0) is 28.9 Å². The van der Waals surface area contributed by atoms with E-state index in [1.807, 2.05) is 39.0 Å². The molecule has 6 heteroatoms. The smallest absolute Gasteiger partial charge is 0.411 e. The molecule has 0 bridgehead atoms. The van der Waals surface area contributed by atoms with Gasteiger partial charge in [0, 0.05) is 6.42 Å². The number of carbonyl (C=O) groups excluding carboxylic acids is 2. The lowest BCUT2D eigenvalue weighted by Gasteiger charge is -2.38. The van der Waals surface area contributed by atoms with Gasteiger partial charge in [0.1, 0.15) is 17.4 Å². The Morgan fingerprint density at radius 1 is 1.10 bits per heavy atom. The van der Waals surface area contributed by atoms with Gasteiger partial charge in [-0.3, -0.25) is 9.69 Å². The van der Waals surface area contributed by atoms with Gasteiger partial charge in [0.15, 0.2) is 0 Å². The van der Waals surface area contributed by atoms with Crippen molar-refractivity contribution in [1.29, 1.82) is 0 Å². The molecule has 0 saturated carbocycles. The normalized spacial score (nSPS) is 20.4. The summed E-state index contributed by atoms with van der Waals surface area (Å²) in [6.07, 6.45) is 2.78. The molecule has 2 aliphatic rings. The molecule has 0 spiro atoms. The van der Waals surface area contributed by atoms with E-state index in [-0.39, 0.29) is 24.2 Å². The third-order valence-electron chi connectivity index (χ3n) is 5.94. The number of amides is 2. The number of hydrogen-bond donors (Lipinski definition) is 2. The van der Waals surface area contributed by atoms with E-state index in [0.29, 0.717) is 6.42 Å². The lowest BCUT2D eigenvalue weighted by molar-refractivity contribution is -0.128. The van der Waals surface area contributed by atoms with Crippen LogP contribution in [-0.4, -0.2) is 33.6 Å². The van der Waals surface area contributed by atoms with Gasteiger partial charge in [-0.15, -0.1) is 0 Å². The molecule has 31 heavy (non-hydrogen) atoms. The van der Waals surface area contributed by atoms with Crippen molar-refractivity contribution in [3.63, 3.8) is 0 Å². The van der Waals surface area contributed by atoms with Gasteiger partial charge in [0.2, 0.25) is 5.91 Å². The number of nitrogens with zero attached hydrogens (tertiary/aromatic N) is 1. The SMILES string of the molecule is CC(C)(C)OC(=O)N1Cc2cc(O)ccc2C[C@H]1C(=O)N[C@H]1CCCc2ccccc21. The second-order valence-electron chi connectivity index (χ2n) is 9.43. The summed E-state index contributed by atoms with van der Waals surface area (Å²) < 4.78 is 5.59. The molecule has 0 radical (unpaired) electrons. The van der Waals surface area contributed by atoms with Crippen LogP contribution in [0.15, 0.2) is 42.5 Å². The summed E-state index contributed by atoms with van der Waals surface area (Å²) in [5.41, 5.74) is 3.55. The van der Waals surface area contributed by atoms with Crippen molar-refractivity contribution in [2.75, 3.05) is 0 Å². The molecule has 2 aromatic rings. The minimum absolute atomic E-state index is 0.0563. The number of aryl methyl sites for hydroxylation is 1. The second-order valence-corrected chi connectivity index (χ2v) is 9.43. The first-order chi connectivity index (χ1) is 14.7. The van der Waals surface area contributed by atoms with Crippen molar-refractivity contribution in [1.82, 2.24) is 10.2 Å². The van der Waals surface area contributed by atoms with E-state index in [4.69, 9.17) is 4.74 Å². The molecule has 2 atom stereocenters. The predicted octanol–water partition coefficient (Wildman–Crippen LogP) is 4.25. The summed E-state index contributed by atoms with van der Waals surface area (Å²) in [6, 6.07) is 12.6. The van der Waals surface area contributed by atoms with E-state index in [2.05, 4.69) is 17.4 Å². The van der Waals surface area contributed by atoms with Crippen molar-refractivity contribution in [2.45, 2.75) is 70.7 Å². The van der Waals surface area contributed by atoms with Gasteiger partial charge in [-0.1, -0.05) is 30.3 Å². The molecule has 164 valence electrons. The lowest BCUT2D eigenvalue weighted by atomic mass is 9.87. The fourth-order valence-corrected chi connectivity index (χ4v) is 4.49. The third kappa shape index (κ3) is 4.68. The van der Waals surface area contributed by atoms with Crippen LogP contribution in [0.3, 0.4) is 0 Å². The number of fused-ring (bicyclic) bond motifs is 2. The molecule has 2 amide bonds. The zero-order chi connectivity index (χ0) is 22.2. The molecule has 2 aromatic carbocycles. The molecule has 4 rings (SSSR count). The minimum atomic E-state index is -0.667. The Morgan fingerprint density at radius 3 is 2.65 bits per heavy atom. The lowest BCUT2D eigenvalue weighted by Crippen LogP contribution is -2.54. The van der Waals surface area contributed by atoms with Crippen LogP contribution in [0, 0.1) is 0 Å². The van der Waals surface area contributed by atoms with Crippen molar-refractivity contribution >= 4 is 12.0 Å². The van der Waals surface area contributed by atoms with Gasteiger partial charge in [0.05, 0.1) is 12.6 Å². The molecule has 1 heterocycles. The van der Waals surface area contributed by atoms with Gasteiger partial charge in [-0.25, -0.2) is 4.79 Å². The number of ether oxygens (including phenoxy) is 1. The average molecular weight is 423 g/mol. The maximum Gasteiger partial charge on any atom is 0.411 e. The predicted molar refractivity (Wildman–Crippen MR) is 118 cm³/mol. The topological polar surface area (TPSA) is 78.9 Å². The highest BCUT2D eigenvalue weighted by molar-refractivity contribution is 5.87. The van der Waals surface area contributed by atoms with Crippen LogP contribution in [0.2, 0.25) is 0 Å². The van der Waals surface area contributed by atoms with Crippen LogP contribution in [0.5, 0.6) is 5.75 Å². The first kappa shape index (κ1) is 21.2. The van der Waals surface area contributed by atoms with Gasteiger partial charge in [-0.05, 0) is 74.4 Å². The largest absolute Gasteiger partial charge is 0.508 e.